The summed E-state index contributed by atoms with van der Waals surface area (Å²) in [5.41, 5.74) is 4.49. The van der Waals surface area contributed by atoms with Gasteiger partial charge in [-0.2, -0.15) is 0 Å². The van der Waals surface area contributed by atoms with Gasteiger partial charge in [-0.15, -0.1) is 0 Å². The Bertz CT molecular complexity index is 894. The number of benzene rings is 2. The molecule has 2 aromatic carbocycles. The molecule has 0 atom stereocenters. The number of nitrogens with one attached hydrogen (secondary N) is 1. The monoisotopic (exact) mass is 393 g/mol. The predicted molar refractivity (Wildman–Crippen MR) is 121 cm³/mol. The van der Waals surface area contributed by atoms with Crippen LogP contribution in [0.1, 0.15) is 43.7 Å². The fourth-order valence-electron chi connectivity index (χ4n) is 4.45. The third-order valence-corrected chi connectivity index (χ3v) is 6.10. The first-order valence-electron chi connectivity index (χ1n) is 10.0. The largest absolute Gasteiger partial charge is 0.494 e. The maximum absolute atomic E-state index is 5.74. The highest BCUT2D eigenvalue weighted by atomic mass is 32.1. The van der Waals surface area contributed by atoms with Crippen LogP contribution in [0.5, 0.6) is 5.75 Å². The quantitative estimate of drug-likeness (QED) is 0.683. The van der Waals surface area contributed by atoms with Crippen molar-refractivity contribution in [2.75, 3.05) is 16.8 Å². The molecule has 28 heavy (non-hydrogen) atoms. The van der Waals surface area contributed by atoms with Crippen LogP contribution < -0.4 is 15.0 Å². The Morgan fingerprint density at radius 2 is 1.71 bits per heavy atom. The fourth-order valence-corrected chi connectivity index (χ4v) is 4.82. The van der Waals surface area contributed by atoms with Crippen LogP contribution in [0.15, 0.2) is 47.5 Å². The molecule has 1 spiro atoms. The first-order chi connectivity index (χ1) is 13.5. The summed E-state index contributed by atoms with van der Waals surface area (Å²) in [4.78, 5) is 7.10. The number of para-hydroxylation sites is 1. The van der Waals surface area contributed by atoms with Crippen molar-refractivity contribution in [3.63, 3.8) is 0 Å². The van der Waals surface area contributed by atoms with Gasteiger partial charge in [-0.25, -0.2) is 4.99 Å². The zero-order chi connectivity index (χ0) is 19.7. The molecule has 0 aromatic heterocycles. The first-order valence-corrected chi connectivity index (χ1v) is 10.5. The van der Waals surface area contributed by atoms with Gasteiger partial charge >= 0.3 is 0 Å². The Balaban J connectivity index is 1.69. The zero-order valence-corrected chi connectivity index (χ0v) is 17.6. The van der Waals surface area contributed by atoms with Crippen molar-refractivity contribution in [3.05, 3.63) is 53.6 Å². The maximum atomic E-state index is 5.74. The lowest BCUT2D eigenvalue weighted by atomic mass is 9.93. The number of hydrogen-bond acceptors (Lipinski definition) is 3. The van der Waals surface area contributed by atoms with Crippen molar-refractivity contribution >= 4 is 34.5 Å². The molecular formula is C23H27N3OS. The second-order valence-electron chi connectivity index (χ2n) is 7.64. The van der Waals surface area contributed by atoms with Gasteiger partial charge in [0.15, 0.2) is 0 Å². The Morgan fingerprint density at radius 3 is 2.32 bits per heavy atom. The Labute approximate surface area is 172 Å². The van der Waals surface area contributed by atoms with Crippen LogP contribution in [0.4, 0.5) is 11.4 Å². The summed E-state index contributed by atoms with van der Waals surface area (Å²) in [6.07, 6.45) is 4.47. The number of hydrogen-bond donors (Lipinski definition) is 1. The van der Waals surface area contributed by atoms with Crippen LogP contribution >= 0.6 is 12.2 Å². The molecule has 4 rings (SSSR count). The highest BCUT2D eigenvalue weighted by Crippen LogP contribution is 2.44. The van der Waals surface area contributed by atoms with Crippen molar-refractivity contribution in [3.8, 4) is 5.75 Å². The van der Waals surface area contributed by atoms with Gasteiger partial charge in [0.05, 0.1) is 6.61 Å². The highest BCUT2D eigenvalue weighted by Gasteiger charge is 2.50. The molecule has 2 aromatic rings. The molecule has 0 amide bonds. The number of rotatable bonds is 4. The van der Waals surface area contributed by atoms with E-state index in [0.29, 0.717) is 11.7 Å². The van der Waals surface area contributed by atoms with E-state index >= 15 is 0 Å². The normalized spacial score (nSPS) is 17.9. The second-order valence-corrected chi connectivity index (χ2v) is 8.00. The van der Waals surface area contributed by atoms with E-state index in [1.54, 1.807) is 0 Å². The van der Waals surface area contributed by atoms with Gasteiger partial charge < -0.3 is 15.0 Å². The van der Waals surface area contributed by atoms with E-state index < -0.39 is 0 Å². The van der Waals surface area contributed by atoms with E-state index in [9.17, 15) is 0 Å². The first kappa shape index (κ1) is 18.9. The number of amidine groups is 1. The molecule has 1 aliphatic heterocycles. The van der Waals surface area contributed by atoms with Crippen molar-refractivity contribution in [1.82, 2.24) is 0 Å². The Hall–Kier alpha value is -2.40. The van der Waals surface area contributed by atoms with Crippen molar-refractivity contribution in [2.24, 2.45) is 4.99 Å². The molecule has 1 N–H and O–H groups in total. The molecule has 1 aliphatic carbocycles. The van der Waals surface area contributed by atoms with Gasteiger partial charge in [0.25, 0.3) is 0 Å². The number of nitrogens with zero attached hydrogens (tertiary/aromatic N) is 2. The van der Waals surface area contributed by atoms with Gasteiger partial charge in [0.1, 0.15) is 17.1 Å². The minimum Gasteiger partial charge on any atom is -0.494 e. The van der Waals surface area contributed by atoms with Crippen LogP contribution in [0.3, 0.4) is 0 Å². The second kappa shape index (κ2) is 7.55. The molecular weight excluding hydrogens is 366 g/mol. The lowest BCUT2D eigenvalue weighted by Gasteiger charge is -2.37. The van der Waals surface area contributed by atoms with E-state index in [0.717, 1.165) is 35.8 Å². The molecule has 0 saturated heterocycles. The third kappa shape index (κ3) is 3.18. The van der Waals surface area contributed by atoms with Crippen LogP contribution in [0, 0.1) is 13.8 Å². The van der Waals surface area contributed by atoms with Gasteiger partial charge in [0, 0.05) is 11.4 Å². The third-order valence-electron chi connectivity index (χ3n) is 5.83. The summed E-state index contributed by atoms with van der Waals surface area (Å²) >= 11 is 5.74. The molecule has 4 nitrogen and oxygen atoms in total. The van der Waals surface area contributed by atoms with Crippen LogP contribution in [-0.2, 0) is 0 Å². The summed E-state index contributed by atoms with van der Waals surface area (Å²) in [5.74, 6) is 1.87. The molecule has 146 valence electrons. The molecule has 1 heterocycles. The molecule has 1 saturated carbocycles. The summed E-state index contributed by atoms with van der Waals surface area (Å²) in [6, 6.07) is 14.6. The highest BCUT2D eigenvalue weighted by molar-refractivity contribution is 7.80. The lowest BCUT2D eigenvalue weighted by Crippen LogP contribution is -2.52. The van der Waals surface area contributed by atoms with Gasteiger partial charge in [-0.1, -0.05) is 31.0 Å². The van der Waals surface area contributed by atoms with Gasteiger partial charge in [-0.05, 0) is 81.2 Å². The van der Waals surface area contributed by atoms with Gasteiger partial charge in [0.2, 0.25) is 5.11 Å². The molecule has 0 bridgehead atoms. The SMILES string of the molecule is CCOc1ccc(N2C(=S)N=C(Nc3c(C)cccc3C)C23CCCC3)cc1. The van der Waals surface area contributed by atoms with Crippen LogP contribution in [0.25, 0.3) is 0 Å². The predicted octanol–water partition coefficient (Wildman–Crippen LogP) is 5.63. The molecule has 2 aliphatic rings. The number of ether oxygens (including phenoxy) is 1. The zero-order valence-electron chi connectivity index (χ0n) is 16.8. The summed E-state index contributed by atoms with van der Waals surface area (Å²) in [5, 5.41) is 4.31. The topological polar surface area (TPSA) is 36.9 Å². The molecule has 0 radical (unpaired) electrons. The minimum absolute atomic E-state index is 0.182. The molecule has 0 unspecified atom stereocenters. The number of aliphatic imine (C=N–C) groups is 1. The maximum Gasteiger partial charge on any atom is 0.202 e. The van der Waals surface area contributed by atoms with Crippen LogP contribution in [0.2, 0.25) is 0 Å². The molecule has 5 heteroatoms. The standard InChI is InChI=1S/C23H27N3OS/c1-4-27-19-12-10-18(11-13-19)26-22(28)25-21(23(26)14-5-6-15-23)24-20-16(2)8-7-9-17(20)3/h7-13H,4-6,14-15H2,1-3H3,(H,24,25,28). The van der Waals surface area contributed by atoms with Gasteiger partial charge in [-0.3, -0.25) is 0 Å². The Kier molecular flexibility index (Phi) is 5.11. The minimum atomic E-state index is -0.182. The van der Waals surface area contributed by atoms with E-state index in [2.05, 4.69) is 54.4 Å². The Morgan fingerprint density at radius 1 is 1.07 bits per heavy atom. The van der Waals surface area contributed by atoms with E-state index in [4.69, 9.17) is 21.9 Å². The average molecular weight is 394 g/mol. The average Bonchev–Trinajstić information content (AvgIpc) is 3.25. The summed E-state index contributed by atoms with van der Waals surface area (Å²) in [6.45, 7) is 6.93. The van der Waals surface area contributed by atoms with Crippen molar-refractivity contribution in [2.45, 2.75) is 52.0 Å². The number of thiocarbonyl (C=S) groups is 1. The van der Waals surface area contributed by atoms with E-state index in [-0.39, 0.29) is 5.54 Å². The summed E-state index contributed by atoms with van der Waals surface area (Å²) < 4.78 is 5.60. The number of anilines is 2. The van der Waals surface area contributed by atoms with Crippen LogP contribution in [-0.4, -0.2) is 23.1 Å². The fraction of sp³-hybridized carbons (Fsp3) is 0.391. The van der Waals surface area contributed by atoms with E-state index in [1.165, 1.54) is 24.0 Å². The molecule has 1 fully saturated rings. The number of aryl methyl sites for hydroxylation is 2. The van der Waals surface area contributed by atoms with Crippen molar-refractivity contribution in [1.29, 1.82) is 0 Å². The smallest absolute Gasteiger partial charge is 0.202 e. The lowest BCUT2D eigenvalue weighted by molar-refractivity contribution is 0.340. The summed E-state index contributed by atoms with van der Waals surface area (Å²) in [7, 11) is 0. The van der Waals surface area contributed by atoms with Crippen molar-refractivity contribution < 1.29 is 4.74 Å². The van der Waals surface area contributed by atoms with E-state index in [1.807, 2.05) is 19.1 Å².